The van der Waals surface area contributed by atoms with E-state index in [1.807, 2.05) is 177 Å². The molecule has 0 aliphatic rings. The summed E-state index contributed by atoms with van der Waals surface area (Å²) < 4.78 is 47.8. The van der Waals surface area contributed by atoms with Gasteiger partial charge in [0.05, 0.1) is 20.8 Å². The van der Waals surface area contributed by atoms with Crippen molar-refractivity contribution in [3.05, 3.63) is 203 Å². The Morgan fingerprint density at radius 2 is 0.893 bits per heavy atom. The second kappa shape index (κ2) is 19.3. The molecule has 0 N–H and O–H groups in total. The van der Waals surface area contributed by atoms with Gasteiger partial charge in [-0.3, -0.25) is 4.79 Å². The molecule has 6 nitrogen and oxygen atoms in total. The van der Waals surface area contributed by atoms with Gasteiger partial charge in [0.15, 0.2) is 18.1 Å². The van der Waals surface area contributed by atoms with Crippen LogP contribution in [-0.4, -0.2) is 52.1 Å². The average molecular weight is 753 g/mol. The molecule has 6 rings (SSSR count). The van der Waals surface area contributed by atoms with Crippen LogP contribution in [0.1, 0.15) is 53.1 Å². The lowest BCUT2D eigenvalue weighted by molar-refractivity contribution is -0.147. The first kappa shape index (κ1) is 40.1. The molecule has 0 saturated carbocycles. The summed E-state index contributed by atoms with van der Waals surface area (Å²) in [5.41, 5.74) is 2.33. The SMILES string of the molecule is CCCCO[C@H](C(=O)COC(c1ccccc1)(c1ccccc1)c1ccccc1)[C@@H](F)COC(c1ccccc1)(c1ccc(OC)cc1)c1ccc(OC)cc1. The zero-order valence-corrected chi connectivity index (χ0v) is 32.2. The van der Waals surface area contributed by atoms with Gasteiger partial charge in [0.2, 0.25) is 0 Å². The van der Waals surface area contributed by atoms with Crippen molar-refractivity contribution in [2.45, 2.75) is 43.2 Å². The van der Waals surface area contributed by atoms with Crippen molar-refractivity contribution >= 4 is 5.78 Å². The van der Waals surface area contributed by atoms with E-state index in [0.717, 1.165) is 39.8 Å². The van der Waals surface area contributed by atoms with Crippen molar-refractivity contribution in [1.82, 2.24) is 0 Å². The summed E-state index contributed by atoms with van der Waals surface area (Å²) in [6.45, 7) is 1.34. The minimum absolute atomic E-state index is 0.204. The quantitative estimate of drug-likeness (QED) is 0.0572. The van der Waals surface area contributed by atoms with Crippen LogP contribution in [0, 0.1) is 0 Å². The van der Waals surface area contributed by atoms with Crippen LogP contribution in [0.5, 0.6) is 11.5 Å². The second-order valence-electron chi connectivity index (χ2n) is 13.5. The van der Waals surface area contributed by atoms with Crippen molar-refractivity contribution in [2.24, 2.45) is 0 Å². The molecule has 0 amide bonds. The number of carbonyl (C=O) groups excluding carboxylic acids is 1. The predicted octanol–water partition coefficient (Wildman–Crippen LogP) is 10.1. The highest BCUT2D eigenvalue weighted by molar-refractivity contribution is 5.85. The van der Waals surface area contributed by atoms with E-state index >= 15 is 4.39 Å². The van der Waals surface area contributed by atoms with Gasteiger partial charge in [-0.05, 0) is 64.1 Å². The lowest BCUT2D eigenvalue weighted by Gasteiger charge is -2.37. The van der Waals surface area contributed by atoms with Crippen LogP contribution in [0.4, 0.5) is 4.39 Å². The number of ether oxygens (including phenoxy) is 5. The Balaban J connectivity index is 1.36. The molecule has 288 valence electrons. The van der Waals surface area contributed by atoms with E-state index in [9.17, 15) is 4.79 Å². The monoisotopic (exact) mass is 752 g/mol. The first-order valence-corrected chi connectivity index (χ1v) is 19.0. The van der Waals surface area contributed by atoms with E-state index in [4.69, 9.17) is 23.7 Å². The molecule has 0 fully saturated rings. The zero-order valence-electron chi connectivity index (χ0n) is 32.2. The van der Waals surface area contributed by atoms with Gasteiger partial charge in [-0.2, -0.15) is 0 Å². The average Bonchev–Trinajstić information content (AvgIpc) is 3.27. The topological polar surface area (TPSA) is 63.2 Å². The van der Waals surface area contributed by atoms with E-state index in [1.54, 1.807) is 14.2 Å². The third-order valence-electron chi connectivity index (χ3n) is 10.0. The third kappa shape index (κ3) is 8.76. The Morgan fingerprint density at radius 1 is 0.536 bits per heavy atom. The van der Waals surface area contributed by atoms with Crippen molar-refractivity contribution in [2.75, 3.05) is 34.0 Å². The molecule has 0 aromatic heterocycles. The highest BCUT2D eigenvalue weighted by Gasteiger charge is 2.42. The van der Waals surface area contributed by atoms with Crippen LogP contribution in [0.15, 0.2) is 170 Å². The molecule has 7 heteroatoms. The number of hydrogen-bond acceptors (Lipinski definition) is 6. The van der Waals surface area contributed by atoms with Crippen LogP contribution in [0.2, 0.25) is 0 Å². The number of Topliss-reactive ketones (excluding diaryl/α,β-unsaturated/α-hetero) is 1. The summed E-state index contributed by atoms with van der Waals surface area (Å²) in [7, 11) is 3.21. The molecule has 56 heavy (non-hydrogen) atoms. The Kier molecular flexibility index (Phi) is 13.8. The van der Waals surface area contributed by atoms with Crippen LogP contribution in [0.25, 0.3) is 0 Å². The fourth-order valence-corrected chi connectivity index (χ4v) is 7.15. The normalized spacial score (nSPS) is 12.8. The van der Waals surface area contributed by atoms with Gasteiger partial charge in [0.1, 0.15) is 29.3 Å². The van der Waals surface area contributed by atoms with E-state index in [-0.39, 0.29) is 6.61 Å². The fourth-order valence-electron chi connectivity index (χ4n) is 7.15. The molecule has 0 bridgehead atoms. The number of methoxy groups -OCH3 is 2. The van der Waals surface area contributed by atoms with Crippen LogP contribution in [-0.2, 0) is 30.2 Å². The van der Waals surface area contributed by atoms with Crippen molar-refractivity contribution in [3.63, 3.8) is 0 Å². The van der Waals surface area contributed by atoms with Crippen molar-refractivity contribution < 1.29 is 32.9 Å². The van der Waals surface area contributed by atoms with Crippen molar-refractivity contribution in [3.8, 4) is 11.5 Å². The summed E-state index contributed by atoms with van der Waals surface area (Å²) in [5, 5.41) is 0. The Bertz CT molecular complexity index is 1910. The molecule has 0 spiro atoms. The van der Waals surface area contributed by atoms with Crippen LogP contribution in [0.3, 0.4) is 0 Å². The maximum Gasteiger partial charge on any atom is 0.190 e. The number of rotatable bonds is 20. The number of unbranched alkanes of at least 4 members (excludes halogenated alkanes) is 1. The van der Waals surface area contributed by atoms with Gasteiger partial charge in [0, 0.05) is 6.61 Å². The van der Waals surface area contributed by atoms with Gasteiger partial charge in [-0.25, -0.2) is 4.39 Å². The smallest absolute Gasteiger partial charge is 0.190 e. The van der Waals surface area contributed by atoms with E-state index in [0.29, 0.717) is 17.9 Å². The summed E-state index contributed by atoms with van der Waals surface area (Å²) in [6.07, 6.45) is -1.83. The highest BCUT2D eigenvalue weighted by Crippen LogP contribution is 2.43. The minimum atomic E-state index is -1.85. The van der Waals surface area contributed by atoms with Gasteiger partial charge in [0.25, 0.3) is 0 Å². The number of alkyl halides is 1. The summed E-state index contributed by atoms with van der Waals surface area (Å²) in [4.78, 5) is 14.4. The van der Waals surface area contributed by atoms with Gasteiger partial charge < -0.3 is 23.7 Å². The lowest BCUT2D eigenvalue weighted by Crippen LogP contribution is -2.44. The molecule has 0 radical (unpaired) electrons. The van der Waals surface area contributed by atoms with Crippen LogP contribution < -0.4 is 9.47 Å². The molecule has 0 saturated heterocycles. The van der Waals surface area contributed by atoms with E-state index in [1.165, 1.54) is 0 Å². The molecule has 0 aliphatic heterocycles. The largest absolute Gasteiger partial charge is 0.497 e. The number of halogens is 1. The Hall–Kier alpha value is -5.60. The molecule has 0 unspecified atom stereocenters. The van der Waals surface area contributed by atoms with Gasteiger partial charge in [-0.15, -0.1) is 0 Å². The van der Waals surface area contributed by atoms with Gasteiger partial charge in [-0.1, -0.05) is 159 Å². The minimum Gasteiger partial charge on any atom is -0.497 e. The predicted molar refractivity (Wildman–Crippen MR) is 218 cm³/mol. The van der Waals surface area contributed by atoms with Crippen LogP contribution >= 0.6 is 0 Å². The first-order valence-electron chi connectivity index (χ1n) is 19.0. The first-order chi connectivity index (χ1) is 27.5. The molecule has 0 aliphatic carbocycles. The molecule has 2 atom stereocenters. The van der Waals surface area contributed by atoms with E-state index < -0.39 is 42.5 Å². The zero-order chi connectivity index (χ0) is 39.2. The molecule has 6 aromatic carbocycles. The molecular weight excluding hydrogens is 704 g/mol. The number of ketones is 1. The van der Waals surface area contributed by atoms with Crippen molar-refractivity contribution in [1.29, 1.82) is 0 Å². The maximum atomic E-state index is 17.1. The van der Waals surface area contributed by atoms with E-state index in [2.05, 4.69) is 0 Å². The second-order valence-corrected chi connectivity index (χ2v) is 13.5. The third-order valence-corrected chi connectivity index (χ3v) is 10.0. The highest BCUT2D eigenvalue weighted by atomic mass is 19.1. The van der Waals surface area contributed by atoms with Gasteiger partial charge >= 0.3 is 0 Å². The maximum absolute atomic E-state index is 17.1. The lowest BCUT2D eigenvalue weighted by atomic mass is 9.80. The summed E-state index contributed by atoms with van der Waals surface area (Å²) in [5.74, 6) is 0.811. The molecule has 0 heterocycles. The fraction of sp³-hybridized carbons (Fsp3) is 0.245. The molecular formula is C49H49FO6. The number of benzene rings is 6. The number of carbonyl (C=O) groups is 1. The summed E-state index contributed by atoms with van der Waals surface area (Å²) in [6, 6.07) is 54.0. The Labute approximate surface area is 329 Å². The number of hydrogen-bond donors (Lipinski definition) is 0. The summed E-state index contributed by atoms with van der Waals surface area (Å²) >= 11 is 0. The standard InChI is InChI=1S/C49H49FO6/c1-4-5-34-54-47(46(51)36-56-48(37-18-10-6-11-19-37,38-20-12-7-13-21-38)39-22-14-8-15-23-39)45(50)35-55-49(40-24-16-9-17-25-40,41-26-30-43(52-2)31-27-41)42-28-32-44(53-3)33-29-42/h6-33,45,47H,4-5,34-36H2,1-3H3/t45-,47-/m0/s1. The Morgan fingerprint density at radius 3 is 1.25 bits per heavy atom. The molecule has 6 aromatic rings.